The van der Waals surface area contributed by atoms with Crippen LogP contribution in [-0.2, 0) is 4.79 Å². The fraction of sp³-hybridized carbons (Fsp3) is 0.500. The van der Waals surface area contributed by atoms with E-state index in [1.165, 1.54) is 31.2 Å². The molecule has 96 valence electrons. The Labute approximate surface area is 108 Å². The van der Waals surface area contributed by atoms with Gasteiger partial charge in [0.1, 0.15) is 6.33 Å². The molecule has 0 bridgehead atoms. The van der Waals surface area contributed by atoms with E-state index in [4.69, 9.17) is 0 Å². The molecule has 1 aromatic rings. The summed E-state index contributed by atoms with van der Waals surface area (Å²) < 4.78 is 0. The molecule has 1 aliphatic carbocycles. The van der Waals surface area contributed by atoms with Crippen molar-refractivity contribution in [1.29, 1.82) is 0 Å². The quantitative estimate of drug-likeness (QED) is 0.809. The van der Waals surface area contributed by atoms with Crippen molar-refractivity contribution >= 4 is 5.91 Å². The maximum absolute atomic E-state index is 11.9. The second-order valence-corrected chi connectivity index (χ2v) is 4.69. The lowest BCUT2D eigenvalue weighted by molar-refractivity contribution is -0.122. The highest BCUT2D eigenvalue weighted by Gasteiger charge is 2.15. The highest BCUT2D eigenvalue weighted by molar-refractivity contribution is 5.82. The van der Waals surface area contributed by atoms with Crippen molar-refractivity contribution in [2.75, 3.05) is 6.54 Å². The van der Waals surface area contributed by atoms with E-state index in [9.17, 15) is 4.79 Å². The molecule has 1 N–H and O–H groups in total. The Morgan fingerprint density at radius 3 is 2.89 bits per heavy atom. The number of rotatable bonds is 5. The van der Waals surface area contributed by atoms with E-state index in [-0.39, 0.29) is 11.8 Å². The lowest BCUT2D eigenvalue weighted by Gasteiger charge is -2.11. The first kappa shape index (κ1) is 12.7. The molecule has 0 unspecified atom stereocenters. The summed E-state index contributed by atoms with van der Waals surface area (Å²) in [5, 5.41) is 2.97. The van der Waals surface area contributed by atoms with Crippen molar-refractivity contribution in [3.05, 3.63) is 35.9 Å². The third kappa shape index (κ3) is 3.39. The zero-order valence-corrected chi connectivity index (χ0v) is 10.7. The van der Waals surface area contributed by atoms with E-state index in [2.05, 4.69) is 21.4 Å². The van der Waals surface area contributed by atoms with E-state index in [0.717, 1.165) is 18.5 Å². The molecule has 0 saturated heterocycles. The highest BCUT2D eigenvalue weighted by Crippen LogP contribution is 2.20. The van der Waals surface area contributed by atoms with Crippen LogP contribution in [0.3, 0.4) is 0 Å². The second kappa shape index (κ2) is 6.28. The minimum Gasteiger partial charge on any atom is -0.355 e. The molecule has 1 heterocycles. The molecule has 0 aliphatic heterocycles. The minimum absolute atomic E-state index is 0.0448. The number of carbonyl (C=O) groups excluding carboxylic acids is 1. The molecule has 1 amide bonds. The summed E-state index contributed by atoms with van der Waals surface area (Å²) >= 11 is 0. The minimum atomic E-state index is -0.191. The molecular formula is C14H19N3O. The topological polar surface area (TPSA) is 54.9 Å². The monoisotopic (exact) mass is 245 g/mol. The largest absolute Gasteiger partial charge is 0.355 e. The molecular weight excluding hydrogens is 226 g/mol. The second-order valence-electron chi connectivity index (χ2n) is 4.69. The van der Waals surface area contributed by atoms with Crippen LogP contribution in [0.2, 0.25) is 0 Å². The smallest absolute Gasteiger partial charge is 0.227 e. The Balaban J connectivity index is 1.77. The van der Waals surface area contributed by atoms with Gasteiger partial charge in [0, 0.05) is 24.5 Å². The van der Waals surface area contributed by atoms with Crippen LogP contribution < -0.4 is 5.32 Å². The molecule has 18 heavy (non-hydrogen) atoms. The first-order valence-corrected chi connectivity index (χ1v) is 6.48. The van der Waals surface area contributed by atoms with Crippen LogP contribution >= 0.6 is 0 Å². The highest BCUT2D eigenvalue weighted by atomic mass is 16.1. The van der Waals surface area contributed by atoms with Crippen LogP contribution in [-0.4, -0.2) is 22.4 Å². The van der Waals surface area contributed by atoms with Gasteiger partial charge in [0.25, 0.3) is 0 Å². The summed E-state index contributed by atoms with van der Waals surface area (Å²) in [7, 11) is 0. The first-order chi connectivity index (χ1) is 8.77. The van der Waals surface area contributed by atoms with Gasteiger partial charge in [0.2, 0.25) is 5.91 Å². The van der Waals surface area contributed by atoms with Crippen LogP contribution in [0.5, 0.6) is 0 Å². The zero-order chi connectivity index (χ0) is 12.8. The number of hydrogen-bond acceptors (Lipinski definition) is 3. The molecule has 1 atom stereocenters. The summed E-state index contributed by atoms with van der Waals surface area (Å²) in [6, 6.07) is 0. The van der Waals surface area contributed by atoms with Gasteiger partial charge in [0.15, 0.2) is 0 Å². The number of aromatic nitrogens is 2. The lowest BCUT2D eigenvalue weighted by atomic mass is 10.0. The Bertz CT molecular complexity index is 428. The van der Waals surface area contributed by atoms with Crippen LogP contribution in [0.15, 0.2) is 30.4 Å². The number of allylic oxidation sites excluding steroid dienone is 1. The Kier molecular flexibility index (Phi) is 4.45. The SMILES string of the molecule is C[C@@H](C(=O)NCCC1=CCCC1)c1cncnc1. The molecule has 0 aromatic carbocycles. The van der Waals surface area contributed by atoms with Gasteiger partial charge in [0.05, 0.1) is 5.92 Å². The van der Waals surface area contributed by atoms with Gasteiger partial charge in [-0.15, -0.1) is 0 Å². The molecule has 4 heteroatoms. The maximum atomic E-state index is 11.9. The van der Waals surface area contributed by atoms with Gasteiger partial charge in [-0.2, -0.15) is 0 Å². The fourth-order valence-corrected chi connectivity index (χ4v) is 2.15. The van der Waals surface area contributed by atoms with Crippen molar-refractivity contribution in [3.63, 3.8) is 0 Å². The number of hydrogen-bond donors (Lipinski definition) is 1. The van der Waals surface area contributed by atoms with E-state index < -0.39 is 0 Å². The fourth-order valence-electron chi connectivity index (χ4n) is 2.15. The summed E-state index contributed by atoms with van der Waals surface area (Å²) in [5.41, 5.74) is 2.33. The first-order valence-electron chi connectivity index (χ1n) is 6.48. The van der Waals surface area contributed by atoms with Gasteiger partial charge in [-0.25, -0.2) is 9.97 Å². The van der Waals surface area contributed by atoms with Gasteiger partial charge in [-0.1, -0.05) is 11.6 Å². The number of nitrogens with zero attached hydrogens (tertiary/aromatic N) is 2. The number of nitrogens with one attached hydrogen (secondary N) is 1. The average Bonchev–Trinajstić information content (AvgIpc) is 2.92. The van der Waals surface area contributed by atoms with Gasteiger partial charge < -0.3 is 5.32 Å². The normalized spacial score (nSPS) is 16.2. The standard InChI is InChI=1S/C14H19N3O/c1-11(13-8-15-10-16-9-13)14(18)17-7-6-12-4-2-3-5-12/h4,8-11H,2-3,5-7H2,1H3,(H,17,18)/t11-/m1/s1. The lowest BCUT2D eigenvalue weighted by Crippen LogP contribution is -2.29. The summed E-state index contributed by atoms with van der Waals surface area (Å²) in [6.07, 6.45) is 11.8. The van der Waals surface area contributed by atoms with Gasteiger partial charge in [-0.3, -0.25) is 4.79 Å². The molecule has 0 saturated carbocycles. The van der Waals surface area contributed by atoms with Crippen molar-refractivity contribution in [3.8, 4) is 0 Å². The Hall–Kier alpha value is -1.71. The third-order valence-corrected chi connectivity index (χ3v) is 3.35. The summed E-state index contributed by atoms with van der Waals surface area (Å²) in [4.78, 5) is 19.8. The van der Waals surface area contributed by atoms with E-state index in [1.807, 2.05) is 6.92 Å². The van der Waals surface area contributed by atoms with Crippen molar-refractivity contribution < 1.29 is 4.79 Å². The van der Waals surface area contributed by atoms with Crippen LogP contribution in [0.25, 0.3) is 0 Å². The van der Waals surface area contributed by atoms with E-state index >= 15 is 0 Å². The predicted molar refractivity (Wildman–Crippen MR) is 70.0 cm³/mol. The Morgan fingerprint density at radius 2 is 2.22 bits per heavy atom. The van der Waals surface area contributed by atoms with E-state index in [1.54, 1.807) is 12.4 Å². The van der Waals surface area contributed by atoms with Crippen molar-refractivity contribution in [2.45, 2.75) is 38.5 Å². The van der Waals surface area contributed by atoms with E-state index in [0.29, 0.717) is 0 Å². The number of amides is 1. The van der Waals surface area contributed by atoms with Crippen molar-refractivity contribution in [2.24, 2.45) is 0 Å². The molecule has 0 spiro atoms. The van der Waals surface area contributed by atoms with Gasteiger partial charge >= 0.3 is 0 Å². The molecule has 0 radical (unpaired) electrons. The Morgan fingerprint density at radius 1 is 1.44 bits per heavy atom. The van der Waals surface area contributed by atoms with Crippen LogP contribution in [0.4, 0.5) is 0 Å². The average molecular weight is 245 g/mol. The molecule has 1 aromatic heterocycles. The molecule has 0 fully saturated rings. The van der Waals surface area contributed by atoms with Gasteiger partial charge in [-0.05, 0) is 32.6 Å². The summed E-state index contributed by atoms with van der Waals surface area (Å²) in [5.74, 6) is -0.146. The van der Waals surface area contributed by atoms with Crippen LogP contribution in [0, 0.1) is 0 Å². The molecule has 4 nitrogen and oxygen atoms in total. The predicted octanol–water partition coefficient (Wildman–Crippen LogP) is 2.20. The molecule has 2 rings (SSSR count). The number of carbonyl (C=O) groups is 1. The third-order valence-electron chi connectivity index (χ3n) is 3.35. The van der Waals surface area contributed by atoms with Crippen LogP contribution in [0.1, 0.15) is 44.1 Å². The zero-order valence-electron chi connectivity index (χ0n) is 10.7. The molecule has 1 aliphatic rings. The maximum Gasteiger partial charge on any atom is 0.227 e. The van der Waals surface area contributed by atoms with Crippen molar-refractivity contribution in [1.82, 2.24) is 15.3 Å². The summed E-state index contributed by atoms with van der Waals surface area (Å²) in [6.45, 7) is 2.60.